The van der Waals surface area contributed by atoms with E-state index in [0.29, 0.717) is 50.0 Å². The molecule has 0 aliphatic carbocycles. The molecular weight excluding hydrogens is 578 g/mol. The van der Waals surface area contributed by atoms with Crippen LogP contribution in [0.15, 0.2) is 23.2 Å². The molecule has 3 heterocycles. The van der Waals surface area contributed by atoms with Crippen LogP contribution in [0.3, 0.4) is 0 Å². The van der Waals surface area contributed by atoms with Gasteiger partial charge < -0.3 is 37.2 Å². The van der Waals surface area contributed by atoms with E-state index < -0.39 is 30.5 Å². The molecule has 0 aromatic rings. The van der Waals surface area contributed by atoms with E-state index >= 15 is 4.39 Å². The zero-order valence-electron chi connectivity index (χ0n) is 28.5. The lowest BCUT2D eigenvalue weighted by Gasteiger charge is -2.43. The average molecular weight is 639 g/mol. The fourth-order valence-corrected chi connectivity index (χ4v) is 6.96. The van der Waals surface area contributed by atoms with Gasteiger partial charge in [0.05, 0.1) is 29.4 Å². The predicted molar refractivity (Wildman–Crippen MR) is 176 cm³/mol. The number of nitrogens with zero attached hydrogens (tertiary/aromatic N) is 3. The number of nitrogens with two attached hydrogens (primary N) is 2. The summed E-state index contributed by atoms with van der Waals surface area (Å²) in [6, 6.07) is -0.270. The first-order chi connectivity index (χ1) is 21.3. The Morgan fingerprint density at radius 3 is 2.40 bits per heavy atom. The molecule has 258 valence electrons. The molecular formula is C33H60F2N8O2. The van der Waals surface area contributed by atoms with Crippen LogP contribution in [0.4, 0.5) is 8.78 Å². The van der Waals surface area contributed by atoms with E-state index in [0.717, 1.165) is 45.2 Å². The molecule has 0 aromatic carbocycles. The topological polar surface area (TPSA) is 132 Å². The van der Waals surface area contributed by atoms with Crippen LogP contribution in [0.2, 0.25) is 0 Å². The summed E-state index contributed by atoms with van der Waals surface area (Å²) in [7, 11) is 0. The Bertz CT molecular complexity index is 1050. The first-order valence-corrected chi connectivity index (χ1v) is 17.1. The van der Waals surface area contributed by atoms with Gasteiger partial charge in [0.2, 0.25) is 5.91 Å². The summed E-state index contributed by atoms with van der Waals surface area (Å²) in [4.78, 5) is 32.9. The minimum atomic E-state index is -1.27. The van der Waals surface area contributed by atoms with Crippen LogP contribution in [0.5, 0.6) is 0 Å². The number of rotatable bonds is 15. The first kappa shape index (κ1) is 37.2. The highest BCUT2D eigenvalue weighted by Crippen LogP contribution is 2.33. The third-order valence-corrected chi connectivity index (χ3v) is 10.1. The lowest BCUT2D eigenvalue weighted by atomic mass is 9.78. The highest BCUT2D eigenvalue weighted by Gasteiger charge is 2.39. The number of piperazine rings is 1. The Morgan fingerprint density at radius 1 is 1.13 bits per heavy atom. The van der Waals surface area contributed by atoms with Crippen molar-refractivity contribution in [3.63, 3.8) is 0 Å². The molecule has 3 aliphatic heterocycles. The molecule has 0 saturated carbocycles. The van der Waals surface area contributed by atoms with Crippen molar-refractivity contribution in [1.29, 1.82) is 0 Å². The summed E-state index contributed by atoms with van der Waals surface area (Å²) in [5.74, 6) is -0.368. The molecule has 5 atom stereocenters. The largest absolute Gasteiger partial charge is 0.386 e. The van der Waals surface area contributed by atoms with Gasteiger partial charge in [0.25, 0.3) is 5.91 Å². The summed E-state index contributed by atoms with van der Waals surface area (Å²) in [6.45, 7) is 16.3. The zero-order chi connectivity index (χ0) is 33.3. The first-order valence-electron chi connectivity index (χ1n) is 17.1. The number of amides is 2. The molecule has 0 spiro atoms. The van der Waals surface area contributed by atoms with Gasteiger partial charge >= 0.3 is 0 Å². The number of likely N-dealkylation sites (tertiary alicyclic amines) is 1. The number of carbonyl (C=O) groups excluding carboxylic acids is 2. The normalized spacial score (nSPS) is 25.8. The van der Waals surface area contributed by atoms with Gasteiger partial charge in [-0.15, -0.1) is 0 Å². The summed E-state index contributed by atoms with van der Waals surface area (Å²) in [6.07, 6.45) is 3.37. The zero-order valence-corrected chi connectivity index (χ0v) is 28.5. The van der Waals surface area contributed by atoms with Crippen molar-refractivity contribution in [2.45, 2.75) is 111 Å². The van der Waals surface area contributed by atoms with Gasteiger partial charge in [-0.05, 0) is 58.4 Å². The van der Waals surface area contributed by atoms with Gasteiger partial charge in [0.1, 0.15) is 12.3 Å². The molecule has 3 rings (SSSR count). The highest BCUT2D eigenvalue weighted by atomic mass is 19.1. The number of allylic oxidation sites excluding steroid dienone is 1. The maximum Gasteiger partial charge on any atom is 0.256 e. The maximum atomic E-state index is 15.4. The fourth-order valence-electron chi connectivity index (χ4n) is 6.96. The number of carbonyl (C=O) groups is 2. The van der Waals surface area contributed by atoms with Gasteiger partial charge in [-0.3, -0.25) is 14.5 Å². The number of halogens is 2. The Balaban J connectivity index is 1.59. The van der Waals surface area contributed by atoms with Crippen LogP contribution < -0.4 is 27.4 Å². The number of alkyl halides is 2. The van der Waals surface area contributed by atoms with Crippen molar-refractivity contribution in [2.75, 3.05) is 52.4 Å². The monoisotopic (exact) mass is 638 g/mol. The second-order valence-corrected chi connectivity index (χ2v) is 13.9. The van der Waals surface area contributed by atoms with E-state index in [1.54, 1.807) is 13.1 Å². The fraction of sp³-hybridized carbons (Fsp3) is 0.818. The van der Waals surface area contributed by atoms with E-state index in [1.807, 2.05) is 9.80 Å². The molecule has 45 heavy (non-hydrogen) atoms. The molecule has 5 unspecified atom stereocenters. The van der Waals surface area contributed by atoms with Gasteiger partial charge in [-0.1, -0.05) is 33.6 Å². The van der Waals surface area contributed by atoms with E-state index in [-0.39, 0.29) is 35.9 Å². The van der Waals surface area contributed by atoms with Crippen LogP contribution in [-0.4, -0.2) is 109 Å². The maximum absolute atomic E-state index is 15.4. The SMILES string of the molecule is CCCC(C)(CC)CCC(F)CN/C(C)=C(\C(=O)NC1=CNCC(F)C1N1CCN(C(=O)C2CCN(C(C)C)C2)CC1)C(N)N. The van der Waals surface area contributed by atoms with Crippen molar-refractivity contribution in [3.05, 3.63) is 23.2 Å². The van der Waals surface area contributed by atoms with Crippen LogP contribution in [0.25, 0.3) is 0 Å². The third kappa shape index (κ3) is 10.1. The van der Waals surface area contributed by atoms with Crippen molar-refractivity contribution < 1.29 is 18.4 Å². The number of nitrogens with one attached hydrogen (secondary N) is 3. The van der Waals surface area contributed by atoms with E-state index in [2.05, 4.69) is 55.5 Å². The third-order valence-electron chi connectivity index (χ3n) is 10.1. The molecule has 12 heteroatoms. The standard InChI is InChI=1S/C33H60F2N8O2/c1-7-11-33(6,8-2)12-9-25(34)18-39-23(5)28(30(36)37)31(44)40-27-20-38-19-26(35)29(27)41-14-16-42(17-15-41)32(45)24-10-13-43(21-24)22(3)4/h20,22,24-26,29-30,38-39H,7-19,21,36-37H2,1-6H3,(H,40,44)/b28-23-. The molecule has 0 aromatic heterocycles. The molecule has 10 nitrogen and oxygen atoms in total. The molecule has 2 amide bonds. The van der Waals surface area contributed by atoms with Gasteiger partial charge in [0.15, 0.2) is 0 Å². The van der Waals surface area contributed by atoms with Crippen molar-refractivity contribution >= 4 is 11.8 Å². The Labute approximate surface area is 269 Å². The molecule has 0 radical (unpaired) electrons. The van der Waals surface area contributed by atoms with E-state index in [4.69, 9.17) is 11.5 Å². The number of hydrogen-bond donors (Lipinski definition) is 5. The molecule has 0 bridgehead atoms. The van der Waals surface area contributed by atoms with Crippen LogP contribution in [0, 0.1) is 11.3 Å². The second kappa shape index (κ2) is 17.0. The van der Waals surface area contributed by atoms with Crippen molar-refractivity contribution in [2.24, 2.45) is 22.8 Å². The van der Waals surface area contributed by atoms with E-state index in [1.165, 1.54) is 0 Å². The van der Waals surface area contributed by atoms with Gasteiger partial charge in [-0.2, -0.15) is 0 Å². The van der Waals surface area contributed by atoms with Crippen LogP contribution in [0.1, 0.15) is 80.1 Å². The van der Waals surface area contributed by atoms with Crippen LogP contribution >= 0.6 is 0 Å². The smallest absolute Gasteiger partial charge is 0.256 e. The second-order valence-electron chi connectivity index (χ2n) is 13.9. The Morgan fingerprint density at radius 2 is 1.82 bits per heavy atom. The Hall–Kier alpha value is -2.28. The quantitative estimate of drug-likeness (QED) is 0.137. The van der Waals surface area contributed by atoms with Crippen molar-refractivity contribution in [1.82, 2.24) is 30.7 Å². The molecule has 2 saturated heterocycles. The van der Waals surface area contributed by atoms with Crippen LogP contribution in [-0.2, 0) is 9.59 Å². The summed E-state index contributed by atoms with van der Waals surface area (Å²) < 4.78 is 30.3. The summed E-state index contributed by atoms with van der Waals surface area (Å²) in [5, 5.41) is 8.79. The molecule has 7 N–H and O–H groups in total. The lowest BCUT2D eigenvalue weighted by molar-refractivity contribution is -0.137. The predicted octanol–water partition coefficient (Wildman–Crippen LogP) is 2.57. The highest BCUT2D eigenvalue weighted by molar-refractivity contribution is 5.96. The summed E-state index contributed by atoms with van der Waals surface area (Å²) in [5.41, 5.74) is 13.0. The summed E-state index contributed by atoms with van der Waals surface area (Å²) >= 11 is 0. The minimum Gasteiger partial charge on any atom is -0.386 e. The van der Waals surface area contributed by atoms with Gasteiger partial charge in [0, 0.05) is 63.8 Å². The van der Waals surface area contributed by atoms with Gasteiger partial charge in [-0.25, -0.2) is 8.78 Å². The van der Waals surface area contributed by atoms with Crippen molar-refractivity contribution in [3.8, 4) is 0 Å². The molecule has 3 aliphatic rings. The molecule has 2 fully saturated rings. The lowest BCUT2D eigenvalue weighted by Crippen LogP contribution is -2.59. The minimum absolute atomic E-state index is 0.00861. The average Bonchev–Trinajstić information content (AvgIpc) is 3.50. The Kier molecular flexibility index (Phi) is 14.1. The number of hydrogen-bond acceptors (Lipinski definition) is 8. The van der Waals surface area contributed by atoms with E-state index in [9.17, 15) is 14.0 Å².